The molecular weight excluding hydrogens is 183 g/mol. The minimum atomic E-state index is 0. The van der Waals surface area contributed by atoms with Crippen molar-refractivity contribution in [1.29, 1.82) is 0 Å². The summed E-state index contributed by atoms with van der Waals surface area (Å²) in [5.41, 5.74) is 12.5. The van der Waals surface area contributed by atoms with E-state index in [2.05, 4.69) is 0 Å². The molecule has 1 rings (SSSR count). The number of rotatable bonds is 1. The fourth-order valence-corrected chi connectivity index (χ4v) is 0.838. The molecule has 2 nitrogen and oxygen atoms in total. The summed E-state index contributed by atoms with van der Waals surface area (Å²) in [5, 5.41) is 0.581. The first-order valence-corrected chi connectivity index (χ1v) is 3.36. The van der Waals surface area contributed by atoms with Crippen molar-refractivity contribution in [1.82, 2.24) is 0 Å². The average molecular weight is 193 g/mol. The van der Waals surface area contributed by atoms with Gasteiger partial charge in [0.15, 0.2) is 0 Å². The molecule has 0 radical (unpaired) electrons. The van der Waals surface area contributed by atoms with Crippen LogP contribution in [0.4, 0.5) is 5.69 Å². The van der Waals surface area contributed by atoms with E-state index in [0.29, 0.717) is 17.3 Å². The zero-order valence-corrected chi connectivity index (χ0v) is 7.45. The largest absolute Gasteiger partial charge is 0.398 e. The average Bonchev–Trinajstić information content (AvgIpc) is 1.95. The summed E-state index contributed by atoms with van der Waals surface area (Å²) in [6.45, 7) is 0.501. The second kappa shape index (κ2) is 4.44. The molecular formula is C7H10Cl2N2. The van der Waals surface area contributed by atoms with Gasteiger partial charge >= 0.3 is 0 Å². The zero-order valence-electron chi connectivity index (χ0n) is 5.88. The molecule has 4 heteroatoms. The third-order valence-corrected chi connectivity index (χ3v) is 1.64. The SMILES string of the molecule is Cl.NCc1ccc(Cl)c(N)c1. The Bertz CT molecular complexity index is 238. The molecule has 0 spiro atoms. The topological polar surface area (TPSA) is 52.0 Å². The van der Waals surface area contributed by atoms with Crippen LogP contribution < -0.4 is 11.5 Å². The molecule has 0 aliphatic heterocycles. The predicted molar refractivity (Wildman–Crippen MR) is 51.0 cm³/mol. The van der Waals surface area contributed by atoms with Gasteiger partial charge in [-0.15, -0.1) is 12.4 Å². The highest BCUT2D eigenvalue weighted by atomic mass is 35.5. The van der Waals surface area contributed by atoms with Crippen LogP contribution in [0.25, 0.3) is 0 Å². The van der Waals surface area contributed by atoms with E-state index in [-0.39, 0.29) is 12.4 Å². The van der Waals surface area contributed by atoms with E-state index in [1.807, 2.05) is 6.07 Å². The summed E-state index contributed by atoms with van der Waals surface area (Å²) in [5.74, 6) is 0. The molecule has 4 N–H and O–H groups in total. The van der Waals surface area contributed by atoms with Crippen LogP contribution in [-0.2, 0) is 6.54 Å². The van der Waals surface area contributed by atoms with Gasteiger partial charge in [-0.3, -0.25) is 0 Å². The highest BCUT2D eigenvalue weighted by Gasteiger charge is 1.94. The van der Waals surface area contributed by atoms with Gasteiger partial charge in [0, 0.05) is 6.54 Å². The Morgan fingerprint density at radius 1 is 1.36 bits per heavy atom. The van der Waals surface area contributed by atoms with Crippen molar-refractivity contribution >= 4 is 29.7 Å². The van der Waals surface area contributed by atoms with Crippen LogP contribution in [0.1, 0.15) is 5.56 Å². The molecule has 1 aromatic rings. The van der Waals surface area contributed by atoms with Crippen molar-refractivity contribution in [2.45, 2.75) is 6.54 Å². The fourth-order valence-electron chi connectivity index (χ4n) is 0.720. The Kier molecular flexibility index (Phi) is 4.26. The van der Waals surface area contributed by atoms with Gasteiger partial charge in [-0.25, -0.2) is 0 Å². The zero-order chi connectivity index (χ0) is 7.56. The molecule has 0 aromatic heterocycles. The summed E-state index contributed by atoms with van der Waals surface area (Å²) < 4.78 is 0. The molecule has 0 atom stereocenters. The lowest BCUT2D eigenvalue weighted by molar-refractivity contribution is 1.07. The van der Waals surface area contributed by atoms with Gasteiger partial charge in [-0.2, -0.15) is 0 Å². The van der Waals surface area contributed by atoms with Gasteiger partial charge in [0.2, 0.25) is 0 Å². The quantitative estimate of drug-likeness (QED) is 0.668. The summed E-state index contributed by atoms with van der Waals surface area (Å²) in [6.07, 6.45) is 0. The molecule has 1 aromatic carbocycles. The van der Waals surface area contributed by atoms with Crippen molar-refractivity contribution in [3.63, 3.8) is 0 Å². The van der Waals surface area contributed by atoms with Crippen LogP contribution in [0.15, 0.2) is 18.2 Å². The monoisotopic (exact) mass is 192 g/mol. The van der Waals surface area contributed by atoms with E-state index >= 15 is 0 Å². The number of nitrogens with two attached hydrogens (primary N) is 2. The van der Waals surface area contributed by atoms with E-state index in [0.717, 1.165) is 5.56 Å². The van der Waals surface area contributed by atoms with Gasteiger partial charge in [0.1, 0.15) is 0 Å². The Hall–Kier alpha value is -0.440. The van der Waals surface area contributed by atoms with Crippen LogP contribution in [0.3, 0.4) is 0 Å². The van der Waals surface area contributed by atoms with Crippen LogP contribution in [0.5, 0.6) is 0 Å². The highest BCUT2D eigenvalue weighted by Crippen LogP contribution is 2.18. The summed E-state index contributed by atoms with van der Waals surface area (Å²) in [6, 6.07) is 5.39. The maximum absolute atomic E-state index is 5.67. The van der Waals surface area contributed by atoms with Gasteiger partial charge in [-0.05, 0) is 17.7 Å². The number of hydrogen-bond acceptors (Lipinski definition) is 2. The molecule has 0 amide bonds. The molecule has 0 saturated carbocycles. The van der Waals surface area contributed by atoms with E-state index in [1.54, 1.807) is 12.1 Å². The van der Waals surface area contributed by atoms with Gasteiger partial charge in [-0.1, -0.05) is 17.7 Å². The van der Waals surface area contributed by atoms with Crippen molar-refractivity contribution in [2.75, 3.05) is 5.73 Å². The Balaban J connectivity index is 0.000001000. The van der Waals surface area contributed by atoms with Crippen molar-refractivity contribution in [3.8, 4) is 0 Å². The Labute approximate surface area is 76.9 Å². The smallest absolute Gasteiger partial charge is 0.0635 e. The van der Waals surface area contributed by atoms with E-state index in [1.165, 1.54) is 0 Å². The minimum absolute atomic E-state index is 0. The van der Waals surface area contributed by atoms with Crippen molar-refractivity contribution in [3.05, 3.63) is 28.8 Å². The second-order valence-corrected chi connectivity index (χ2v) is 2.47. The predicted octanol–water partition coefficient (Wildman–Crippen LogP) is 1.80. The van der Waals surface area contributed by atoms with Crippen LogP contribution in [-0.4, -0.2) is 0 Å². The molecule has 0 aliphatic carbocycles. The van der Waals surface area contributed by atoms with Gasteiger partial charge < -0.3 is 11.5 Å². The first kappa shape index (κ1) is 10.6. The lowest BCUT2D eigenvalue weighted by Crippen LogP contribution is -1.97. The maximum Gasteiger partial charge on any atom is 0.0635 e. The molecule has 0 saturated heterocycles. The van der Waals surface area contributed by atoms with Crippen LogP contribution in [0, 0.1) is 0 Å². The fraction of sp³-hybridized carbons (Fsp3) is 0.143. The molecule has 62 valence electrons. The lowest BCUT2D eigenvalue weighted by atomic mass is 10.2. The van der Waals surface area contributed by atoms with Gasteiger partial charge in [0.05, 0.1) is 10.7 Å². The van der Waals surface area contributed by atoms with Crippen molar-refractivity contribution in [2.24, 2.45) is 5.73 Å². The molecule has 0 aliphatic rings. The third kappa shape index (κ3) is 2.58. The molecule has 11 heavy (non-hydrogen) atoms. The van der Waals surface area contributed by atoms with E-state index < -0.39 is 0 Å². The normalized spacial score (nSPS) is 8.91. The second-order valence-electron chi connectivity index (χ2n) is 2.06. The Morgan fingerprint density at radius 2 is 2.00 bits per heavy atom. The number of nitrogen functional groups attached to an aromatic ring is 1. The van der Waals surface area contributed by atoms with Crippen LogP contribution >= 0.6 is 24.0 Å². The summed E-state index contributed by atoms with van der Waals surface area (Å²) >= 11 is 5.67. The molecule has 0 bridgehead atoms. The van der Waals surface area contributed by atoms with Crippen molar-refractivity contribution < 1.29 is 0 Å². The summed E-state index contributed by atoms with van der Waals surface area (Å²) in [4.78, 5) is 0. The minimum Gasteiger partial charge on any atom is -0.398 e. The molecule has 0 heterocycles. The van der Waals surface area contributed by atoms with E-state index in [9.17, 15) is 0 Å². The number of halogens is 2. The van der Waals surface area contributed by atoms with Crippen LogP contribution in [0.2, 0.25) is 5.02 Å². The first-order valence-electron chi connectivity index (χ1n) is 2.98. The third-order valence-electron chi connectivity index (χ3n) is 1.30. The standard InChI is InChI=1S/C7H9ClN2.ClH/c8-6-2-1-5(4-9)3-7(6)10;/h1-3H,4,9-10H2;1H. The maximum atomic E-state index is 5.67. The highest BCUT2D eigenvalue weighted by molar-refractivity contribution is 6.33. The Morgan fingerprint density at radius 3 is 2.45 bits per heavy atom. The van der Waals surface area contributed by atoms with E-state index in [4.69, 9.17) is 23.1 Å². The number of anilines is 1. The number of hydrogen-bond donors (Lipinski definition) is 2. The molecule has 0 unspecified atom stereocenters. The van der Waals surface area contributed by atoms with Gasteiger partial charge in [0.25, 0.3) is 0 Å². The number of benzene rings is 1. The molecule has 0 fully saturated rings. The lowest BCUT2D eigenvalue weighted by Gasteiger charge is -1.99. The first-order chi connectivity index (χ1) is 4.74. The summed E-state index contributed by atoms with van der Waals surface area (Å²) in [7, 11) is 0.